The molecule has 24 heavy (non-hydrogen) atoms. The van der Waals surface area contributed by atoms with Crippen LogP contribution in [0.15, 0.2) is 30.9 Å². The van der Waals surface area contributed by atoms with Crippen LogP contribution >= 0.6 is 11.6 Å². The van der Waals surface area contributed by atoms with Gasteiger partial charge in [0, 0.05) is 38.7 Å². The predicted molar refractivity (Wildman–Crippen MR) is 90.1 cm³/mol. The molecule has 8 heteroatoms. The smallest absolute Gasteiger partial charge is 0.255 e. The molecule has 3 heterocycles. The monoisotopic (exact) mass is 347 g/mol. The van der Waals surface area contributed by atoms with Gasteiger partial charge in [-0.2, -0.15) is 0 Å². The summed E-state index contributed by atoms with van der Waals surface area (Å²) in [5, 5.41) is 0.431. The number of carbonyl (C=O) groups excluding carboxylic acids is 1. The maximum absolute atomic E-state index is 12.5. The third-order valence-electron chi connectivity index (χ3n) is 3.74. The average molecular weight is 348 g/mol. The van der Waals surface area contributed by atoms with Crippen molar-refractivity contribution in [3.05, 3.63) is 47.1 Å². The van der Waals surface area contributed by atoms with Crippen molar-refractivity contribution in [3.8, 4) is 0 Å². The topological polar surface area (TPSA) is 71.5 Å². The molecule has 0 bridgehead atoms. The van der Waals surface area contributed by atoms with Crippen LogP contribution in [-0.4, -0.2) is 59.1 Å². The summed E-state index contributed by atoms with van der Waals surface area (Å²) in [6.45, 7) is 2.82. The highest BCUT2D eigenvalue weighted by Crippen LogP contribution is 2.24. The maximum Gasteiger partial charge on any atom is 0.255 e. The number of pyridine rings is 1. The second-order valence-electron chi connectivity index (χ2n) is 5.49. The summed E-state index contributed by atoms with van der Waals surface area (Å²) < 4.78 is 5.26. The number of amides is 1. The number of carbonyl (C=O) groups is 1. The molecule has 126 valence electrons. The van der Waals surface area contributed by atoms with Gasteiger partial charge in [-0.05, 0) is 6.07 Å². The molecule has 0 unspecified atom stereocenters. The fourth-order valence-corrected chi connectivity index (χ4v) is 2.82. The molecule has 3 rings (SSSR count). The van der Waals surface area contributed by atoms with Crippen LogP contribution in [0.3, 0.4) is 0 Å². The summed E-state index contributed by atoms with van der Waals surface area (Å²) >= 11 is 6.34. The highest BCUT2D eigenvalue weighted by molar-refractivity contribution is 6.33. The summed E-state index contributed by atoms with van der Waals surface area (Å²) in [5.74, 6) is 0.525. The molecule has 2 aromatic rings. The van der Waals surface area contributed by atoms with E-state index in [9.17, 15) is 4.79 Å². The number of nitrogens with zero attached hydrogens (tertiary/aromatic N) is 5. The first kappa shape index (κ1) is 16.6. The van der Waals surface area contributed by atoms with Crippen molar-refractivity contribution >= 4 is 23.3 Å². The van der Waals surface area contributed by atoms with Gasteiger partial charge >= 0.3 is 0 Å². The van der Waals surface area contributed by atoms with Crippen LogP contribution in [0, 0.1) is 0 Å². The number of morpholine rings is 1. The van der Waals surface area contributed by atoms with Crippen LogP contribution in [0.1, 0.15) is 16.1 Å². The zero-order valence-electron chi connectivity index (χ0n) is 13.4. The van der Waals surface area contributed by atoms with Gasteiger partial charge < -0.3 is 14.5 Å². The Morgan fingerprint density at radius 3 is 2.75 bits per heavy atom. The lowest BCUT2D eigenvalue weighted by atomic mass is 10.2. The Hall–Kier alpha value is -2.25. The molecule has 0 N–H and O–H groups in total. The van der Waals surface area contributed by atoms with Gasteiger partial charge in [0.1, 0.15) is 5.82 Å². The first-order valence-electron chi connectivity index (χ1n) is 7.64. The van der Waals surface area contributed by atoms with E-state index in [1.807, 2.05) is 11.9 Å². The fourth-order valence-electron chi connectivity index (χ4n) is 2.51. The van der Waals surface area contributed by atoms with Gasteiger partial charge in [0.25, 0.3) is 5.91 Å². The minimum absolute atomic E-state index is 0.0733. The molecule has 0 aliphatic carbocycles. The lowest BCUT2D eigenvalue weighted by Crippen LogP contribution is -2.40. The van der Waals surface area contributed by atoms with Crippen molar-refractivity contribution in [2.75, 3.05) is 38.3 Å². The SMILES string of the molecule is CN(Cc1cnccn1)c1ncc(C(=O)N2CCOCC2)cc1Cl. The molecule has 0 radical (unpaired) electrons. The molecule has 0 spiro atoms. The number of ether oxygens (including phenoxy) is 1. The number of hydrogen-bond donors (Lipinski definition) is 0. The van der Waals surface area contributed by atoms with Crippen molar-refractivity contribution < 1.29 is 9.53 Å². The van der Waals surface area contributed by atoms with Crippen molar-refractivity contribution in [1.82, 2.24) is 19.9 Å². The zero-order chi connectivity index (χ0) is 16.9. The van der Waals surface area contributed by atoms with Crippen LogP contribution in [0.4, 0.5) is 5.82 Å². The molecule has 1 amide bonds. The molecular weight excluding hydrogens is 330 g/mol. The van der Waals surface area contributed by atoms with Crippen molar-refractivity contribution in [3.63, 3.8) is 0 Å². The average Bonchev–Trinajstić information content (AvgIpc) is 2.62. The zero-order valence-corrected chi connectivity index (χ0v) is 14.1. The Morgan fingerprint density at radius 1 is 1.29 bits per heavy atom. The standard InChI is InChI=1S/C16H18ClN5O2/c1-21(11-13-10-18-2-3-19-13)15-14(17)8-12(9-20-15)16(23)22-4-6-24-7-5-22/h2-3,8-10H,4-7,11H2,1H3. The van der Waals surface area contributed by atoms with Crippen LogP contribution in [0.25, 0.3) is 0 Å². The van der Waals surface area contributed by atoms with Crippen LogP contribution in [-0.2, 0) is 11.3 Å². The third kappa shape index (κ3) is 3.80. The third-order valence-corrected chi connectivity index (χ3v) is 4.02. The molecule has 1 saturated heterocycles. The normalized spacial score (nSPS) is 14.5. The summed E-state index contributed by atoms with van der Waals surface area (Å²) in [6.07, 6.45) is 6.52. The molecule has 0 aromatic carbocycles. The quantitative estimate of drug-likeness (QED) is 0.837. The Kier molecular flexibility index (Phi) is 5.22. The maximum atomic E-state index is 12.5. The first-order valence-corrected chi connectivity index (χ1v) is 8.01. The van der Waals surface area contributed by atoms with Gasteiger partial charge in [-0.3, -0.25) is 14.8 Å². The van der Waals surface area contributed by atoms with E-state index in [0.29, 0.717) is 49.3 Å². The molecule has 1 fully saturated rings. The molecule has 0 atom stereocenters. The lowest BCUT2D eigenvalue weighted by molar-refractivity contribution is 0.0302. The predicted octanol–water partition coefficient (Wildman–Crippen LogP) is 1.63. The van der Waals surface area contributed by atoms with E-state index in [1.165, 1.54) is 0 Å². The van der Waals surface area contributed by atoms with E-state index in [4.69, 9.17) is 16.3 Å². The second kappa shape index (κ2) is 7.55. The molecule has 0 saturated carbocycles. The van der Waals surface area contributed by atoms with Gasteiger partial charge in [0.05, 0.1) is 42.2 Å². The van der Waals surface area contributed by atoms with Gasteiger partial charge in [-0.25, -0.2) is 4.98 Å². The second-order valence-corrected chi connectivity index (χ2v) is 5.89. The van der Waals surface area contributed by atoms with E-state index in [1.54, 1.807) is 35.8 Å². The number of anilines is 1. The minimum atomic E-state index is -0.0733. The van der Waals surface area contributed by atoms with Gasteiger partial charge in [-0.15, -0.1) is 0 Å². The molecule has 7 nitrogen and oxygen atoms in total. The highest BCUT2D eigenvalue weighted by atomic mass is 35.5. The van der Waals surface area contributed by atoms with Gasteiger partial charge in [0.2, 0.25) is 0 Å². The number of rotatable bonds is 4. The Balaban J connectivity index is 1.73. The van der Waals surface area contributed by atoms with Crippen molar-refractivity contribution in [2.45, 2.75) is 6.54 Å². The largest absolute Gasteiger partial charge is 0.378 e. The van der Waals surface area contributed by atoms with Crippen LogP contribution in [0.5, 0.6) is 0 Å². The number of hydrogen-bond acceptors (Lipinski definition) is 6. The van der Waals surface area contributed by atoms with Gasteiger partial charge in [-0.1, -0.05) is 11.6 Å². The Morgan fingerprint density at radius 2 is 2.08 bits per heavy atom. The van der Waals surface area contributed by atoms with Crippen LogP contribution in [0.2, 0.25) is 5.02 Å². The van der Waals surface area contributed by atoms with E-state index >= 15 is 0 Å². The Labute approximate surface area is 145 Å². The van der Waals surface area contributed by atoms with Gasteiger partial charge in [0.15, 0.2) is 0 Å². The van der Waals surface area contributed by atoms with Crippen LogP contribution < -0.4 is 4.90 Å². The van der Waals surface area contributed by atoms with Crippen molar-refractivity contribution in [1.29, 1.82) is 0 Å². The summed E-state index contributed by atoms with van der Waals surface area (Å²) in [6, 6.07) is 1.66. The summed E-state index contributed by atoms with van der Waals surface area (Å²) in [4.78, 5) is 28.7. The molecular formula is C16H18ClN5O2. The van der Waals surface area contributed by atoms with E-state index in [-0.39, 0.29) is 5.91 Å². The van der Waals surface area contributed by atoms with E-state index < -0.39 is 0 Å². The summed E-state index contributed by atoms with van der Waals surface area (Å²) in [7, 11) is 1.87. The van der Waals surface area contributed by atoms with E-state index in [0.717, 1.165) is 5.69 Å². The minimum Gasteiger partial charge on any atom is -0.378 e. The summed E-state index contributed by atoms with van der Waals surface area (Å²) in [5.41, 5.74) is 1.30. The van der Waals surface area contributed by atoms with Crippen molar-refractivity contribution in [2.24, 2.45) is 0 Å². The number of halogens is 1. The highest BCUT2D eigenvalue weighted by Gasteiger charge is 2.20. The first-order chi connectivity index (χ1) is 11.6. The fraction of sp³-hybridized carbons (Fsp3) is 0.375. The Bertz CT molecular complexity index is 707. The van der Waals surface area contributed by atoms with E-state index in [2.05, 4.69) is 15.0 Å². The molecule has 1 aliphatic rings. The molecule has 1 aliphatic heterocycles. The lowest BCUT2D eigenvalue weighted by Gasteiger charge is -2.27. The number of aromatic nitrogens is 3. The molecule has 2 aromatic heterocycles.